The van der Waals surface area contributed by atoms with E-state index in [0.29, 0.717) is 0 Å². The minimum absolute atomic E-state index is 0.0810. The summed E-state index contributed by atoms with van der Waals surface area (Å²) in [5.41, 5.74) is 0. The zero-order valence-corrected chi connectivity index (χ0v) is 5.44. The maximum Gasteiger partial charge on any atom is 0.0267 e. The molecule has 0 aliphatic heterocycles. The standard InChI is InChI=1S/C7H16/c1-4-7(5-2)6-3/h7H,4-6H2,1-3H3/i4D,5D. The largest absolute Gasteiger partial charge is 0.0651 e. The fraction of sp³-hybridized carbons (Fsp3) is 1.00. The third-order valence-electron chi connectivity index (χ3n) is 1.33. The van der Waals surface area contributed by atoms with E-state index < -0.39 is 0 Å². The summed E-state index contributed by atoms with van der Waals surface area (Å²) in [6, 6.07) is 0. The first-order chi connectivity index (χ1) is 4.09. The summed E-state index contributed by atoms with van der Waals surface area (Å²) in [5.74, 6) is 0.255. The van der Waals surface area contributed by atoms with E-state index in [1.54, 1.807) is 0 Å². The van der Waals surface area contributed by atoms with Gasteiger partial charge >= 0.3 is 0 Å². The van der Waals surface area contributed by atoms with Crippen molar-refractivity contribution in [3.05, 3.63) is 0 Å². The van der Waals surface area contributed by atoms with Crippen LogP contribution in [0.4, 0.5) is 0 Å². The van der Waals surface area contributed by atoms with Crippen molar-refractivity contribution in [2.45, 2.75) is 40.0 Å². The van der Waals surface area contributed by atoms with E-state index in [0.717, 1.165) is 6.42 Å². The van der Waals surface area contributed by atoms with Gasteiger partial charge in [-0.15, -0.1) is 0 Å². The highest BCUT2D eigenvalue weighted by atomic mass is 14.0. The lowest BCUT2D eigenvalue weighted by atomic mass is 10.0. The van der Waals surface area contributed by atoms with Crippen molar-refractivity contribution in [2.75, 3.05) is 0 Å². The number of rotatable bonds is 3. The van der Waals surface area contributed by atoms with E-state index in [-0.39, 0.29) is 18.7 Å². The molecule has 0 amide bonds. The van der Waals surface area contributed by atoms with Gasteiger partial charge in [0.15, 0.2) is 0 Å². The summed E-state index contributed by atoms with van der Waals surface area (Å²) in [4.78, 5) is 0. The first-order valence-electron chi connectivity index (χ1n) is 4.09. The second kappa shape index (κ2) is 4.17. The molecule has 44 valence electrons. The Morgan fingerprint density at radius 3 is 1.71 bits per heavy atom. The molecule has 0 bridgehead atoms. The van der Waals surface area contributed by atoms with E-state index in [1.807, 2.05) is 20.8 Å². The van der Waals surface area contributed by atoms with Crippen molar-refractivity contribution in [2.24, 2.45) is 5.92 Å². The summed E-state index contributed by atoms with van der Waals surface area (Å²) in [5, 5.41) is 0. The lowest BCUT2D eigenvalue weighted by Crippen LogP contribution is -1.91. The Balaban J connectivity index is 3.68. The van der Waals surface area contributed by atoms with Gasteiger partial charge in [0.1, 0.15) is 0 Å². The van der Waals surface area contributed by atoms with Gasteiger partial charge in [-0.3, -0.25) is 0 Å². The predicted molar refractivity (Wildman–Crippen MR) is 34.4 cm³/mol. The van der Waals surface area contributed by atoms with Crippen molar-refractivity contribution >= 4 is 0 Å². The Morgan fingerprint density at radius 1 is 1.29 bits per heavy atom. The Hall–Kier alpha value is 0. The maximum absolute atomic E-state index is 7.35. The summed E-state index contributed by atoms with van der Waals surface area (Å²) >= 11 is 0. The van der Waals surface area contributed by atoms with Crippen LogP contribution < -0.4 is 0 Å². The Morgan fingerprint density at radius 2 is 1.71 bits per heavy atom. The monoisotopic (exact) mass is 102 g/mol. The Labute approximate surface area is 49.7 Å². The molecular formula is C7H16. The molecule has 0 spiro atoms. The molecule has 7 heavy (non-hydrogen) atoms. The smallest absolute Gasteiger partial charge is 0.0267 e. The lowest BCUT2D eigenvalue weighted by molar-refractivity contribution is 0.477. The van der Waals surface area contributed by atoms with Crippen molar-refractivity contribution in [1.29, 1.82) is 0 Å². The van der Waals surface area contributed by atoms with Gasteiger partial charge in [-0.25, -0.2) is 0 Å². The molecule has 0 heteroatoms. The van der Waals surface area contributed by atoms with Crippen LogP contribution >= 0.6 is 0 Å². The molecule has 2 unspecified atom stereocenters. The predicted octanol–water partition coefficient (Wildman–Crippen LogP) is 2.83. The lowest BCUT2D eigenvalue weighted by Gasteiger charge is -2.05. The Kier molecular flexibility index (Phi) is 2.34. The number of hydrogen-bond donors (Lipinski definition) is 0. The van der Waals surface area contributed by atoms with Gasteiger partial charge in [0, 0.05) is 2.74 Å². The molecule has 0 aliphatic rings. The van der Waals surface area contributed by atoms with E-state index in [9.17, 15) is 0 Å². The van der Waals surface area contributed by atoms with E-state index >= 15 is 0 Å². The van der Waals surface area contributed by atoms with Crippen LogP contribution in [-0.2, 0) is 0 Å². The second-order valence-corrected chi connectivity index (χ2v) is 1.74. The average molecular weight is 102 g/mol. The van der Waals surface area contributed by atoms with Gasteiger partial charge in [-0.05, 0) is 5.92 Å². The van der Waals surface area contributed by atoms with Crippen LogP contribution in [0.3, 0.4) is 0 Å². The fourth-order valence-electron chi connectivity index (χ4n) is 0.664. The minimum Gasteiger partial charge on any atom is -0.0651 e. The van der Waals surface area contributed by atoms with Gasteiger partial charge in [-0.2, -0.15) is 0 Å². The molecule has 0 radical (unpaired) electrons. The molecule has 0 nitrogen and oxygen atoms in total. The zero-order valence-electron chi connectivity index (χ0n) is 7.44. The second-order valence-electron chi connectivity index (χ2n) is 1.74. The molecule has 2 atom stereocenters. The molecule has 0 aromatic heterocycles. The first kappa shape index (κ1) is 3.94. The summed E-state index contributed by atoms with van der Waals surface area (Å²) < 4.78 is 14.7. The van der Waals surface area contributed by atoms with Crippen molar-refractivity contribution in [3.63, 3.8) is 0 Å². The van der Waals surface area contributed by atoms with Crippen LogP contribution in [0.2, 0.25) is 0 Å². The van der Waals surface area contributed by atoms with Gasteiger partial charge in [-0.1, -0.05) is 40.0 Å². The highest BCUT2D eigenvalue weighted by Crippen LogP contribution is 2.09. The quantitative estimate of drug-likeness (QED) is 0.514. The van der Waals surface area contributed by atoms with Crippen molar-refractivity contribution in [1.82, 2.24) is 0 Å². The van der Waals surface area contributed by atoms with Gasteiger partial charge < -0.3 is 0 Å². The molecule has 0 aromatic rings. The van der Waals surface area contributed by atoms with Crippen LogP contribution in [-0.4, -0.2) is 0 Å². The van der Waals surface area contributed by atoms with E-state index in [1.165, 1.54) is 0 Å². The van der Waals surface area contributed by atoms with Crippen molar-refractivity contribution < 1.29 is 2.74 Å². The van der Waals surface area contributed by atoms with Gasteiger partial charge in [0.25, 0.3) is 0 Å². The first-order valence-corrected chi connectivity index (χ1v) is 2.94. The SMILES string of the molecule is [2H]C(C)C(CC)C([2H])C. The zero-order chi connectivity index (χ0) is 7.44. The average Bonchev–Trinajstić information content (AvgIpc) is 1.64. The van der Waals surface area contributed by atoms with Crippen molar-refractivity contribution in [3.8, 4) is 0 Å². The van der Waals surface area contributed by atoms with Crippen LogP contribution in [0, 0.1) is 5.92 Å². The number of hydrogen-bond acceptors (Lipinski definition) is 0. The van der Waals surface area contributed by atoms with Gasteiger partial charge in [0.05, 0.1) is 0 Å². The van der Waals surface area contributed by atoms with E-state index in [4.69, 9.17) is 2.74 Å². The van der Waals surface area contributed by atoms with Crippen LogP contribution in [0.15, 0.2) is 0 Å². The van der Waals surface area contributed by atoms with Crippen LogP contribution in [0.25, 0.3) is 0 Å². The van der Waals surface area contributed by atoms with E-state index in [2.05, 4.69) is 0 Å². The summed E-state index contributed by atoms with van der Waals surface area (Å²) in [6.07, 6.45) is 0.792. The topological polar surface area (TPSA) is 0 Å². The summed E-state index contributed by atoms with van der Waals surface area (Å²) in [7, 11) is 0. The molecule has 0 aliphatic carbocycles. The normalized spacial score (nSPS) is 27.3. The fourth-order valence-corrected chi connectivity index (χ4v) is 0.664. The molecule has 0 saturated heterocycles. The molecule has 0 rings (SSSR count). The molecule has 0 saturated carbocycles. The maximum atomic E-state index is 7.35. The highest BCUT2D eigenvalue weighted by Gasteiger charge is 1.95. The molecule has 0 aromatic carbocycles. The third kappa shape index (κ3) is 2.67. The minimum atomic E-state index is -0.0810. The summed E-state index contributed by atoms with van der Waals surface area (Å²) in [6.45, 7) is 5.76. The molecule has 0 N–H and O–H groups in total. The highest BCUT2D eigenvalue weighted by molar-refractivity contribution is 4.48. The molecule has 0 fully saturated rings. The van der Waals surface area contributed by atoms with Crippen LogP contribution in [0.5, 0.6) is 0 Å². The molecule has 0 heterocycles. The van der Waals surface area contributed by atoms with Crippen LogP contribution in [0.1, 0.15) is 42.7 Å². The van der Waals surface area contributed by atoms with Gasteiger partial charge in [0.2, 0.25) is 0 Å². The Bertz CT molecular complexity index is 61.3. The molecular weight excluding hydrogens is 84.1 g/mol. The third-order valence-corrected chi connectivity index (χ3v) is 1.33.